The van der Waals surface area contributed by atoms with Crippen molar-refractivity contribution < 1.29 is 23.9 Å². The molecule has 5 heteroatoms. The summed E-state index contributed by atoms with van der Waals surface area (Å²) in [5.41, 5.74) is 0.138. The number of rotatable bonds is 3. The van der Waals surface area contributed by atoms with Gasteiger partial charge in [0.15, 0.2) is 5.78 Å². The maximum atomic E-state index is 13.5. The van der Waals surface area contributed by atoms with E-state index in [1.54, 1.807) is 0 Å². The van der Waals surface area contributed by atoms with E-state index in [1.165, 1.54) is 0 Å². The van der Waals surface area contributed by atoms with E-state index < -0.39 is 0 Å². The Bertz CT molecular complexity index is 921. The maximum Gasteiger partial charge on any atom is 0.306 e. The first kappa shape index (κ1) is 20.1. The molecule has 3 saturated carbocycles. The SMILES string of the molecule is CCCC(=O)[C@@H]1CC2=CC(=O)CC[C@]2(C)[C@@]23O[C@H]2C[C@@]2(C)C(CC[C@@]24CCC(=O)O4)C13. The Morgan fingerprint density at radius 2 is 1.97 bits per heavy atom. The van der Waals surface area contributed by atoms with Gasteiger partial charge in [0.05, 0.1) is 6.10 Å². The second-order valence-corrected chi connectivity index (χ2v) is 11.7. The maximum absolute atomic E-state index is 13.5. The highest BCUT2D eigenvalue weighted by atomic mass is 16.6. The van der Waals surface area contributed by atoms with Crippen LogP contribution in [-0.2, 0) is 23.9 Å². The lowest BCUT2D eigenvalue weighted by atomic mass is 9.43. The molecule has 0 radical (unpaired) electrons. The van der Waals surface area contributed by atoms with Crippen LogP contribution in [0.15, 0.2) is 11.6 Å². The molecule has 6 rings (SSSR count). The van der Waals surface area contributed by atoms with E-state index in [0.29, 0.717) is 37.4 Å². The number of fused-ring (bicyclic) bond motifs is 4. The summed E-state index contributed by atoms with van der Waals surface area (Å²) in [6.45, 7) is 6.67. The molecular weight excluding hydrogens is 392 g/mol. The summed E-state index contributed by atoms with van der Waals surface area (Å²) in [6, 6.07) is 0. The predicted octanol–water partition coefficient (Wildman–Crippen LogP) is 4.32. The molecule has 8 atom stereocenters. The zero-order valence-electron chi connectivity index (χ0n) is 19.0. The van der Waals surface area contributed by atoms with E-state index in [1.807, 2.05) is 6.08 Å². The number of carbonyl (C=O) groups is 3. The molecule has 6 aliphatic rings. The van der Waals surface area contributed by atoms with E-state index in [9.17, 15) is 14.4 Å². The van der Waals surface area contributed by atoms with Crippen molar-refractivity contribution in [2.75, 3.05) is 0 Å². The van der Waals surface area contributed by atoms with Gasteiger partial charge in [-0.1, -0.05) is 26.3 Å². The molecule has 0 aromatic rings. The van der Waals surface area contributed by atoms with Gasteiger partial charge in [-0.3, -0.25) is 14.4 Å². The lowest BCUT2D eigenvalue weighted by molar-refractivity contribution is -0.167. The second kappa shape index (κ2) is 6.09. The van der Waals surface area contributed by atoms with Crippen LogP contribution in [0.4, 0.5) is 0 Å². The molecule has 2 heterocycles. The molecular formula is C26H34O5. The third-order valence-corrected chi connectivity index (χ3v) is 10.6. The summed E-state index contributed by atoms with van der Waals surface area (Å²) >= 11 is 0. The first-order chi connectivity index (χ1) is 14.7. The van der Waals surface area contributed by atoms with Gasteiger partial charge in [-0.25, -0.2) is 0 Å². The smallest absolute Gasteiger partial charge is 0.306 e. The highest BCUT2D eigenvalue weighted by Gasteiger charge is 2.83. The van der Waals surface area contributed by atoms with Crippen LogP contribution in [0.5, 0.6) is 0 Å². The molecule has 31 heavy (non-hydrogen) atoms. The second-order valence-electron chi connectivity index (χ2n) is 11.7. The number of Topliss-reactive ketones (excluding diaryl/α,β-unsaturated/α-hetero) is 1. The van der Waals surface area contributed by atoms with Gasteiger partial charge in [0.2, 0.25) is 0 Å². The third kappa shape index (κ3) is 2.24. The number of carbonyl (C=O) groups excluding carboxylic acids is 3. The van der Waals surface area contributed by atoms with Crippen LogP contribution in [0.2, 0.25) is 0 Å². The number of hydrogen-bond acceptors (Lipinski definition) is 5. The van der Waals surface area contributed by atoms with Crippen LogP contribution in [0.25, 0.3) is 0 Å². The van der Waals surface area contributed by atoms with E-state index in [-0.39, 0.29) is 51.7 Å². The zero-order valence-corrected chi connectivity index (χ0v) is 19.0. The van der Waals surface area contributed by atoms with Crippen molar-refractivity contribution in [3.05, 3.63) is 11.6 Å². The van der Waals surface area contributed by atoms with Gasteiger partial charge in [-0.05, 0) is 56.9 Å². The monoisotopic (exact) mass is 426 g/mol. The van der Waals surface area contributed by atoms with Crippen LogP contribution in [0.1, 0.15) is 85.0 Å². The van der Waals surface area contributed by atoms with E-state index >= 15 is 0 Å². The summed E-state index contributed by atoms with van der Waals surface area (Å²) in [7, 11) is 0. The van der Waals surface area contributed by atoms with Crippen molar-refractivity contribution in [2.24, 2.45) is 28.6 Å². The van der Waals surface area contributed by atoms with Crippen LogP contribution >= 0.6 is 0 Å². The lowest BCUT2D eigenvalue weighted by Gasteiger charge is -2.58. The Balaban J connectivity index is 1.48. The van der Waals surface area contributed by atoms with Gasteiger partial charge in [0.25, 0.3) is 0 Å². The van der Waals surface area contributed by atoms with Crippen LogP contribution in [-0.4, -0.2) is 34.8 Å². The minimum Gasteiger partial charge on any atom is -0.458 e. The molecule has 168 valence electrons. The van der Waals surface area contributed by atoms with Gasteiger partial charge in [0, 0.05) is 41.9 Å². The summed E-state index contributed by atoms with van der Waals surface area (Å²) in [5.74, 6) is 0.839. The van der Waals surface area contributed by atoms with E-state index in [0.717, 1.165) is 44.1 Å². The van der Waals surface area contributed by atoms with Gasteiger partial charge >= 0.3 is 5.97 Å². The van der Waals surface area contributed by atoms with E-state index in [4.69, 9.17) is 9.47 Å². The molecule has 0 bridgehead atoms. The summed E-state index contributed by atoms with van der Waals surface area (Å²) in [5, 5.41) is 0. The van der Waals surface area contributed by atoms with Gasteiger partial charge in [0.1, 0.15) is 17.0 Å². The number of esters is 1. The zero-order chi connectivity index (χ0) is 21.8. The van der Waals surface area contributed by atoms with Crippen molar-refractivity contribution in [3.63, 3.8) is 0 Å². The van der Waals surface area contributed by atoms with Gasteiger partial charge in [-0.15, -0.1) is 0 Å². The van der Waals surface area contributed by atoms with Crippen LogP contribution in [0.3, 0.4) is 0 Å². The average molecular weight is 427 g/mol. The van der Waals surface area contributed by atoms with Gasteiger partial charge < -0.3 is 9.47 Å². The number of ketones is 2. The van der Waals surface area contributed by atoms with Crippen molar-refractivity contribution in [3.8, 4) is 0 Å². The van der Waals surface area contributed by atoms with Crippen molar-refractivity contribution in [1.82, 2.24) is 0 Å². The number of ether oxygens (including phenoxy) is 2. The lowest BCUT2D eigenvalue weighted by Crippen LogP contribution is -2.63. The highest BCUT2D eigenvalue weighted by molar-refractivity contribution is 5.92. The molecule has 0 aromatic heterocycles. The molecule has 0 amide bonds. The molecule has 0 N–H and O–H groups in total. The topological polar surface area (TPSA) is 73.0 Å². The first-order valence-corrected chi connectivity index (χ1v) is 12.4. The number of hydrogen-bond donors (Lipinski definition) is 0. The molecule has 2 spiro atoms. The number of epoxide rings is 1. The standard InChI is InChI=1S/C26H34O5/c1-4-5-19(28)17-13-15-12-16(27)6-9-23(15,2)26-20(30-26)14-24(3)18(22(17)26)7-10-25(24)11-8-21(29)31-25/h12,17-18,20,22H,4-11,13-14H2,1-3H3/t17-,18?,20-,22?,23-,24-,25+,26+/m0/s1. The Morgan fingerprint density at radius 3 is 2.68 bits per heavy atom. The fraction of sp³-hybridized carbons (Fsp3) is 0.808. The van der Waals surface area contributed by atoms with Crippen molar-refractivity contribution >= 4 is 17.5 Å². The minimum atomic E-state index is -0.384. The Labute approximate surface area is 184 Å². The normalized spacial score (nSPS) is 52.0. The summed E-state index contributed by atoms with van der Waals surface area (Å²) < 4.78 is 12.8. The summed E-state index contributed by atoms with van der Waals surface area (Å²) in [4.78, 5) is 38.0. The van der Waals surface area contributed by atoms with Crippen molar-refractivity contribution in [2.45, 2.75) is 102 Å². The molecule has 5 nitrogen and oxygen atoms in total. The molecule has 4 aliphatic carbocycles. The third-order valence-electron chi connectivity index (χ3n) is 10.6. The fourth-order valence-electron chi connectivity index (χ4n) is 9.05. The molecule has 0 aromatic carbocycles. The minimum absolute atomic E-state index is 0.0688. The van der Waals surface area contributed by atoms with Crippen LogP contribution < -0.4 is 0 Å². The summed E-state index contributed by atoms with van der Waals surface area (Å²) in [6.07, 6.45) is 9.57. The largest absolute Gasteiger partial charge is 0.458 e. The highest BCUT2D eigenvalue weighted by Crippen LogP contribution is 2.78. The van der Waals surface area contributed by atoms with Gasteiger partial charge in [-0.2, -0.15) is 0 Å². The molecule has 2 saturated heterocycles. The fourth-order valence-corrected chi connectivity index (χ4v) is 9.05. The Morgan fingerprint density at radius 1 is 1.16 bits per heavy atom. The van der Waals surface area contributed by atoms with Crippen LogP contribution in [0, 0.1) is 28.6 Å². The Kier molecular flexibility index (Phi) is 3.96. The quantitative estimate of drug-likeness (QED) is 0.496. The average Bonchev–Trinajstić information content (AvgIpc) is 3.20. The molecule has 2 unspecified atom stereocenters. The molecule has 2 aliphatic heterocycles. The Hall–Kier alpha value is -1.49. The first-order valence-electron chi connectivity index (χ1n) is 12.4. The predicted molar refractivity (Wildman–Crippen MR) is 113 cm³/mol. The van der Waals surface area contributed by atoms with Crippen molar-refractivity contribution in [1.29, 1.82) is 0 Å². The van der Waals surface area contributed by atoms with E-state index in [2.05, 4.69) is 20.8 Å². The molecule has 5 fully saturated rings.